The van der Waals surface area contributed by atoms with Gasteiger partial charge in [-0.3, -0.25) is 4.79 Å². The van der Waals surface area contributed by atoms with Gasteiger partial charge in [-0.2, -0.15) is 9.61 Å². The van der Waals surface area contributed by atoms with E-state index in [-0.39, 0.29) is 10.7 Å². The molecular weight excluding hydrogens is 342 g/mol. The number of fused-ring (bicyclic) bond motifs is 3. The SMILES string of the molecule is Cc1c(-c2ccccc2)nn2c1[nH]c(=O)c1nc(S(C)(=O)=O)n(C)c12. The lowest BCUT2D eigenvalue weighted by atomic mass is 10.1. The fourth-order valence-electron chi connectivity index (χ4n) is 3.03. The maximum atomic E-state index is 12.4. The summed E-state index contributed by atoms with van der Waals surface area (Å²) in [6, 6.07) is 9.57. The molecular formula is C16H15N5O3S. The monoisotopic (exact) mass is 357 g/mol. The van der Waals surface area contributed by atoms with Crippen LogP contribution in [0.25, 0.3) is 28.1 Å². The van der Waals surface area contributed by atoms with Crippen molar-refractivity contribution in [3.63, 3.8) is 0 Å². The highest BCUT2D eigenvalue weighted by Gasteiger charge is 2.23. The van der Waals surface area contributed by atoms with E-state index in [9.17, 15) is 13.2 Å². The van der Waals surface area contributed by atoms with Gasteiger partial charge in [-0.1, -0.05) is 30.3 Å². The summed E-state index contributed by atoms with van der Waals surface area (Å²) in [5.74, 6) is 0. The summed E-state index contributed by atoms with van der Waals surface area (Å²) in [4.78, 5) is 19.2. The Balaban J connectivity index is 2.18. The summed E-state index contributed by atoms with van der Waals surface area (Å²) in [7, 11) is -2.02. The molecule has 128 valence electrons. The summed E-state index contributed by atoms with van der Waals surface area (Å²) in [5, 5.41) is 4.43. The molecule has 0 aliphatic heterocycles. The van der Waals surface area contributed by atoms with Crippen molar-refractivity contribution in [2.45, 2.75) is 12.1 Å². The highest BCUT2D eigenvalue weighted by molar-refractivity contribution is 7.90. The first-order valence-corrected chi connectivity index (χ1v) is 9.41. The van der Waals surface area contributed by atoms with Crippen LogP contribution in [0.4, 0.5) is 0 Å². The average molecular weight is 357 g/mol. The molecule has 0 saturated carbocycles. The fourth-order valence-corrected chi connectivity index (χ4v) is 3.87. The Hall–Kier alpha value is -2.94. The Morgan fingerprint density at radius 1 is 1.16 bits per heavy atom. The minimum absolute atomic E-state index is 0.0394. The molecule has 3 aromatic heterocycles. The summed E-state index contributed by atoms with van der Waals surface area (Å²) < 4.78 is 26.8. The van der Waals surface area contributed by atoms with Crippen molar-refractivity contribution in [3.05, 3.63) is 46.2 Å². The zero-order valence-corrected chi connectivity index (χ0v) is 14.6. The molecule has 1 aromatic carbocycles. The quantitative estimate of drug-likeness (QED) is 0.582. The number of aryl methyl sites for hydroxylation is 2. The van der Waals surface area contributed by atoms with E-state index in [4.69, 9.17) is 0 Å². The maximum absolute atomic E-state index is 12.4. The standard InChI is InChI=1S/C16H15N5O3S/c1-9-11(10-7-5-4-6-8-10)19-21-13(9)18-14(22)12-15(21)20(2)16(17-12)25(3,23)24/h4-8H,1-3H3,(H,18,22). The molecule has 0 bridgehead atoms. The number of hydrogen-bond donors (Lipinski definition) is 1. The van der Waals surface area contributed by atoms with E-state index in [1.807, 2.05) is 37.3 Å². The van der Waals surface area contributed by atoms with E-state index < -0.39 is 15.4 Å². The summed E-state index contributed by atoms with van der Waals surface area (Å²) in [6.45, 7) is 1.86. The van der Waals surface area contributed by atoms with E-state index in [1.165, 1.54) is 9.08 Å². The number of H-pyrrole nitrogens is 1. The summed E-state index contributed by atoms with van der Waals surface area (Å²) in [5.41, 5.74) is 2.86. The molecule has 3 heterocycles. The third kappa shape index (κ3) is 2.19. The number of aromatic nitrogens is 5. The van der Waals surface area contributed by atoms with Crippen molar-refractivity contribution in [1.29, 1.82) is 0 Å². The van der Waals surface area contributed by atoms with E-state index in [2.05, 4.69) is 15.1 Å². The number of aromatic amines is 1. The van der Waals surface area contributed by atoms with Crippen molar-refractivity contribution in [2.75, 3.05) is 6.26 Å². The second kappa shape index (κ2) is 5.03. The van der Waals surface area contributed by atoms with Crippen LogP contribution in [0, 0.1) is 6.92 Å². The molecule has 0 atom stereocenters. The second-order valence-electron chi connectivity index (χ2n) is 5.95. The highest BCUT2D eigenvalue weighted by Crippen LogP contribution is 2.26. The molecule has 4 aromatic rings. The van der Waals surface area contributed by atoms with E-state index in [0.29, 0.717) is 17.0 Å². The van der Waals surface area contributed by atoms with Gasteiger partial charge in [-0.05, 0) is 6.92 Å². The predicted molar refractivity (Wildman–Crippen MR) is 93.4 cm³/mol. The van der Waals surface area contributed by atoms with Crippen LogP contribution in [0.1, 0.15) is 5.56 Å². The third-order valence-corrected chi connectivity index (χ3v) is 5.20. The van der Waals surface area contributed by atoms with E-state index in [0.717, 1.165) is 17.4 Å². The fraction of sp³-hybridized carbons (Fsp3) is 0.188. The zero-order valence-electron chi connectivity index (χ0n) is 13.8. The van der Waals surface area contributed by atoms with Crippen LogP contribution >= 0.6 is 0 Å². The van der Waals surface area contributed by atoms with Crippen LogP contribution in [0.15, 0.2) is 40.3 Å². The minimum Gasteiger partial charge on any atom is -0.305 e. The highest BCUT2D eigenvalue weighted by atomic mass is 32.2. The second-order valence-corrected chi connectivity index (χ2v) is 7.86. The molecule has 0 aliphatic rings. The van der Waals surface area contributed by atoms with Gasteiger partial charge in [-0.25, -0.2) is 13.4 Å². The van der Waals surface area contributed by atoms with Gasteiger partial charge in [0.2, 0.25) is 15.0 Å². The average Bonchev–Trinajstić information content (AvgIpc) is 3.07. The first-order valence-electron chi connectivity index (χ1n) is 7.52. The van der Waals surface area contributed by atoms with Gasteiger partial charge in [-0.15, -0.1) is 0 Å². The Kier molecular flexibility index (Phi) is 3.13. The first kappa shape index (κ1) is 15.6. The normalized spacial score (nSPS) is 12.3. The number of nitrogens with zero attached hydrogens (tertiary/aromatic N) is 4. The van der Waals surface area contributed by atoms with Gasteiger partial charge in [0.25, 0.3) is 5.56 Å². The van der Waals surface area contributed by atoms with Crippen molar-refractivity contribution in [2.24, 2.45) is 7.05 Å². The van der Waals surface area contributed by atoms with Crippen LogP contribution in [-0.2, 0) is 16.9 Å². The summed E-state index contributed by atoms with van der Waals surface area (Å²) >= 11 is 0. The van der Waals surface area contributed by atoms with Crippen molar-refractivity contribution >= 4 is 26.6 Å². The molecule has 0 amide bonds. The van der Waals surface area contributed by atoms with E-state index >= 15 is 0 Å². The molecule has 1 N–H and O–H groups in total. The van der Waals surface area contributed by atoms with Gasteiger partial charge in [0.1, 0.15) is 5.65 Å². The molecule has 0 radical (unpaired) electrons. The van der Waals surface area contributed by atoms with Crippen LogP contribution in [0.5, 0.6) is 0 Å². The van der Waals surface area contributed by atoms with Gasteiger partial charge in [0, 0.05) is 24.4 Å². The van der Waals surface area contributed by atoms with Crippen LogP contribution in [-0.4, -0.2) is 38.8 Å². The van der Waals surface area contributed by atoms with Crippen molar-refractivity contribution in [1.82, 2.24) is 24.1 Å². The Bertz CT molecular complexity index is 1300. The van der Waals surface area contributed by atoms with Gasteiger partial charge in [0.05, 0.1) is 5.69 Å². The van der Waals surface area contributed by atoms with Crippen LogP contribution in [0.3, 0.4) is 0 Å². The molecule has 0 aliphatic carbocycles. The maximum Gasteiger partial charge on any atom is 0.279 e. The molecule has 8 nitrogen and oxygen atoms in total. The Morgan fingerprint density at radius 2 is 1.84 bits per heavy atom. The third-order valence-electron chi connectivity index (χ3n) is 4.17. The lowest BCUT2D eigenvalue weighted by Crippen LogP contribution is -2.11. The van der Waals surface area contributed by atoms with Gasteiger partial charge in [0.15, 0.2) is 11.2 Å². The molecule has 0 fully saturated rings. The number of imidazole rings is 1. The first-order chi connectivity index (χ1) is 11.8. The Morgan fingerprint density at radius 3 is 2.48 bits per heavy atom. The smallest absolute Gasteiger partial charge is 0.279 e. The number of hydrogen-bond acceptors (Lipinski definition) is 5. The minimum atomic E-state index is -3.58. The lowest BCUT2D eigenvalue weighted by Gasteiger charge is -2.01. The van der Waals surface area contributed by atoms with Crippen molar-refractivity contribution in [3.8, 4) is 11.3 Å². The Labute approximate surface area is 142 Å². The van der Waals surface area contributed by atoms with Crippen LogP contribution in [0.2, 0.25) is 0 Å². The van der Waals surface area contributed by atoms with Gasteiger partial charge < -0.3 is 9.55 Å². The predicted octanol–water partition coefficient (Wildman–Crippen LogP) is 1.29. The number of nitrogens with one attached hydrogen (secondary N) is 1. The molecule has 9 heteroatoms. The topological polar surface area (TPSA) is 102 Å². The van der Waals surface area contributed by atoms with Gasteiger partial charge >= 0.3 is 0 Å². The molecule has 0 spiro atoms. The van der Waals surface area contributed by atoms with E-state index in [1.54, 1.807) is 7.05 Å². The largest absolute Gasteiger partial charge is 0.305 e. The molecule has 25 heavy (non-hydrogen) atoms. The van der Waals surface area contributed by atoms with Crippen molar-refractivity contribution < 1.29 is 8.42 Å². The molecule has 0 unspecified atom stereocenters. The zero-order chi connectivity index (χ0) is 17.9. The number of sulfone groups is 1. The number of rotatable bonds is 2. The van der Waals surface area contributed by atoms with Crippen LogP contribution < -0.4 is 5.56 Å². The molecule has 4 rings (SSSR count). The molecule has 0 saturated heterocycles. The lowest BCUT2D eigenvalue weighted by molar-refractivity contribution is 0.586. The summed E-state index contributed by atoms with van der Waals surface area (Å²) in [6.07, 6.45) is 1.06. The number of benzene rings is 1.